The summed E-state index contributed by atoms with van der Waals surface area (Å²) in [5, 5.41) is 15.9. The molecular formula is C13H25N5O5. The van der Waals surface area contributed by atoms with Crippen LogP contribution in [0.1, 0.15) is 26.2 Å². The minimum atomic E-state index is -1.15. The lowest BCUT2D eigenvalue weighted by atomic mass is 10.1. The highest BCUT2D eigenvalue weighted by molar-refractivity contribution is 5.90. The lowest BCUT2D eigenvalue weighted by molar-refractivity contribution is -0.142. The van der Waals surface area contributed by atoms with Crippen molar-refractivity contribution in [1.82, 2.24) is 16.0 Å². The number of rotatable bonds is 11. The van der Waals surface area contributed by atoms with Crippen LogP contribution >= 0.6 is 0 Å². The molecule has 8 N–H and O–H groups in total. The normalized spacial score (nSPS) is 12.8. The summed E-state index contributed by atoms with van der Waals surface area (Å²) in [5.74, 6) is -2.84. The third-order valence-electron chi connectivity index (χ3n) is 2.86. The van der Waals surface area contributed by atoms with Crippen LogP contribution in [0, 0.1) is 0 Å². The van der Waals surface area contributed by atoms with E-state index in [-0.39, 0.29) is 19.5 Å². The molecule has 23 heavy (non-hydrogen) atoms. The summed E-state index contributed by atoms with van der Waals surface area (Å²) in [5.41, 5.74) is 10.6. The summed E-state index contributed by atoms with van der Waals surface area (Å²) in [6, 6.07) is -1.76. The van der Waals surface area contributed by atoms with Gasteiger partial charge in [-0.1, -0.05) is 0 Å². The van der Waals surface area contributed by atoms with Gasteiger partial charge in [0.25, 0.3) is 0 Å². The van der Waals surface area contributed by atoms with Crippen molar-refractivity contribution in [3.63, 3.8) is 0 Å². The first-order valence-electron chi connectivity index (χ1n) is 7.30. The van der Waals surface area contributed by atoms with Gasteiger partial charge in [-0.25, -0.2) is 4.79 Å². The van der Waals surface area contributed by atoms with E-state index in [0.717, 1.165) is 0 Å². The van der Waals surface area contributed by atoms with Gasteiger partial charge >= 0.3 is 5.97 Å². The molecule has 2 unspecified atom stereocenters. The minimum Gasteiger partial charge on any atom is -0.480 e. The highest BCUT2D eigenvalue weighted by Crippen LogP contribution is 2.00. The van der Waals surface area contributed by atoms with E-state index in [1.165, 1.54) is 6.92 Å². The van der Waals surface area contributed by atoms with Crippen LogP contribution < -0.4 is 27.4 Å². The molecule has 0 saturated carbocycles. The van der Waals surface area contributed by atoms with Crippen LogP contribution in [0.2, 0.25) is 0 Å². The molecular weight excluding hydrogens is 306 g/mol. The Morgan fingerprint density at radius 3 is 2.17 bits per heavy atom. The van der Waals surface area contributed by atoms with E-state index in [2.05, 4.69) is 16.0 Å². The molecule has 0 saturated heterocycles. The number of nitrogens with one attached hydrogen (secondary N) is 3. The number of carbonyl (C=O) groups is 4. The summed E-state index contributed by atoms with van der Waals surface area (Å²) >= 11 is 0. The Kier molecular flexibility index (Phi) is 10.3. The fraction of sp³-hybridized carbons (Fsp3) is 0.692. The molecule has 10 nitrogen and oxygen atoms in total. The van der Waals surface area contributed by atoms with Crippen LogP contribution in [0.3, 0.4) is 0 Å². The van der Waals surface area contributed by atoms with E-state index in [1.807, 2.05) is 0 Å². The number of carbonyl (C=O) groups excluding carboxylic acids is 3. The molecule has 0 fully saturated rings. The van der Waals surface area contributed by atoms with Gasteiger partial charge in [0.1, 0.15) is 6.04 Å². The van der Waals surface area contributed by atoms with Crippen molar-refractivity contribution in [1.29, 1.82) is 0 Å². The molecule has 0 aromatic rings. The largest absolute Gasteiger partial charge is 0.480 e. The van der Waals surface area contributed by atoms with Crippen LogP contribution in [-0.2, 0) is 19.2 Å². The number of amides is 3. The first kappa shape index (κ1) is 20.8. The van der Waals surface area contributed by atoms with E-state index in [9.17, 15) is 19.2 Å². The van der Waals surface area contributed by atoms with Gasteiger partial charge in [0.2, 0.25) is 17.7 Å². The van der Waals surface area contributed by atoms with Crippen LogP contribution in [0.25, 0.3) is 0 Å². The molecule has 0 aromatic heterocycles. The van der Waals surface area contributed by atoms with Gasteiger partial charge in [-0.05, 0) is 32.7 Å². The molecule has 0 heterocycles. The monoisotopic (exact) mass is 331 g/mol. The Bertz CT molecular complexity index is 427. The second kappa shape index (κ2) is 11.4. The molecule has 0 bridgehead atoms. The Morgan fingerprint density at radius 2 is 1.65 bits per heavy atom. The fourth-order valence-electron chi connectivity index (χ4n) is 1.57. The predicted octanol–water partition coefficient (Wildman–Crippen LogP) is -2.74. The molecule has 0 aliphatic heterocycles. The Labute approximate surface area is 134 Å². The maximum absolute atomic E-state index is 11.6. The van der Waals surface area contributed by atoms with E-state index >= 15 is 0 Å². The first-order chi connectivity index (χ1) is 10.8. The fourth-order valence-corrected chi connectivity index (χ4v) is 1.57. The SMILES string of the molecule is CC(N)C(=O)NCC(=O)NCC(=O)NC(CCCCN)C(=O)O. The second-order valence-corrected chi connectivity index (χ2v) is 5.03. The highest BCUT2D eigenvalue weighted by atomic mass is 16.4. The van der Waals surface area contributed by atoms with Crippen LogP contribution in [-0.4, -0.2) is 60.5 Å². The van der Waals surface area contributed by atoms with Gasteiger partial charge in [-0.15, -0.1) is 0 Å². The number of unbranched alkanes of at least 4 members (excludes halogenated alkanes) is 1. The first-order valence-corrected chi connectivity index (χ1v) is 7.30. The van der Waals surface area contributed by atoms with Gasteiger partial charge in [0, 0.05) is 0 Å². The lowest BCUT2D eigenvalue weighted by Crippen LogP contribution is -2.48. The van der Waals surface area contributed by atoms with Crippen LogP contribution in [0.4, 0.5) is 0 Å². The average molecular weight is 331 g/mol. The summed E-state index contributed by atoms with van der Waals surface area (Å²) < 4.78 is 0. The topological polar surface area (TPSA) is 177 Å². The zero-order chi connectivity index (χ0) is 17.8. The van der Waals surface area contributed by atoms with Crippen molar-refractivity contribution in [3.05, 3.63) is 0 Å². The average Bonchev–Trinajstić information content (AvgIpc) is 2.49. The quantitative estimate of drug-likeness (QED) is 0.222. The molecule has 132 valence electrons. The Balaban J connectivity index is 4.09. The Hall–Kier alpha value is -2.20. The van der Waals surface area contributed by atoms with Crippen molar-refractivity contribution in [2.45, 2.75) is 38.3 Å². The zero-order valence-electron chi connectivity index (χ0n) is 13.1. The standard InChI is InChI=1S/C13H25N5O5/c1-8(15)12(21)17-6-10(19)16-7-11(20)18-9(13(22)23)4-2-3-5-14/h8-9H,2-7,14-15H2,1H3,(H,16,19)(H,17,21)(H,18,20)(H,22,23). The highest BCUT2D eigenvalue weighted by Gasteiger charge is 2.19. The molecule has 0 aliphatic rings. The van der Waals surface area contributed by atoms with Crippen molar-refractivity contribution in [3.8, 4) is 0 Å². The summed E-state index contributed by atoms with van der Waals surface area (Å²) in [4.78, 5) is 45.2. The van der Waals surface area contributed by atoms with E-state index in [0.29, 0.717) is 19.4 Å². The smallest absolute Gasteiger partial charge is 0.326 e. The number of carboxylic acid groups (broad SMARTS) is 1. The zero-order valence-corrected chi connectivity index (χ0v) is 13.1. The van der Waals surface area contributed by atoms with Gasteiger partial charge in [-0.2, -0.15) is 0 Å². The molecule has 0 spiro atoms. The van der Waals surface area contributed by atoms with Crippen LogP contribution in [0.15, 0.2) is 0 Å². The van der Waals surface area contributed by atoms with E-state index in [1.54, 1.807) is 0 Å². The molecule has 0 aromatic carbocycles. The number of carboxylic acids is 1. The second-order valence-electron chi connectivity index (χ2n) is 5.03. The van der Waals surface area contributed by atoms with E-state index < -0.39 is 35.8 Å². The van der Waals surface area contributed by atoms with E-state index in [4.69, 9.17) is 16.6 Å². The van der Waals surface area contributed by atoms with Gasteiger partial charge in [0.05, 0.1) is 19.1 Å². The third-order valence-corrected chi connectivity index (χ3v) is 2.86. The summed E-state index contributed by atoms with van der Waals surface area (Å²) in [6.45, 7) is 1.22. The maximum atomic E-state index is 11.6. The molecule has 0 aliphatic carbocycles. The molecule has 0 rings (SSSR count). The number of nitrogens with two attached hydrogens (primary N) is 2. The Morgan fingerprint density at radius 1 is 1.04 bits per heavy atom. The van der Waals surface area contributed by atoms with Gasteiger partial charge < -0.3 is 32.5 Å². The number of aliphatic carboxylic acids is 1. The number of hydrogen-bond acceptors (Lipinski definition) is 6. The van der Waals surface area contributed by atoms with Crippen LogP contribution in [0.5, 0.6) is 0 Å². The van der Waals surface area contributed by atoms with Crippen molar-refractivity contribution < 1.29 is 24.3 Å². The van der Waals surface area contributed by atoms with Gasteiger partial charge in [0.15, 0.2) is 0 Å². The molecule has 0 radical (unpaired) electrons. The third kappa shape index (κ3) is 10.2. The van der Waals surface area contributed by atoms with Crippen molar-refractivity contribution >= 4 is 23.7 Å². The maximum Gasteiger partial charge on any atom is 0.326 e. The molecule has 2 atom stereocenters. The lowest BCUT2D eigenvalue weighted by Gasteiger charge is -2.14. The summed E-state index contributed by atoms with van der Waals surface area (Å²) in [7, 11) is 0. The predicted molar refractivity (Wildman–Crippen MR) is 82.1 cm³/mol. The van der Waals surface area contributed by atoms with Gasteiger partial charge in [-0.3, -0.25) is 14.4 Å². The summed E-state index contributed by atoms with van der Waals surface area (Å²) in [6.07, 6.45) is 1.50. The van der Waals surface area contributed by atoms with Crippen molar-refractivity contribution in [2.24, 2.45) is 11.5 Å². The number of hydrogen-bond donors (Lipinski definition) is 6. The minimum absolute atomic E-state index is 0.261. The molecule has 10 heteroatoms. The molecule has 3 amide bonds. The van der Waals surface area contributed by atoms with Crippen molar-refractivity contribution in [2.75, 3.05) is 19.6 Å².